The SMILES string of the molecule is CC(C)n1cc(C=O)c2c(Cl)ncnc21. The van der Waals surface area contributed by atoms with Crippen LogP contribution >= 0.6 is 11.6 Å². The van der Waals surface area contributed by atoms with Crippen molar-refractivity contribution in [3.05, 3.63) is 23.2 Å². The Bertz CT molecular complexity index is 519. The monoisotopic (exact) mass is 223 g/mol. The molecule has 0 aliphatic heterocycles. The van der Waals surface area contributed by atoms with Crippen molar-refractivity contribution in [3.63, 3.8) is 0 Å². The topological polar surface area (TPSA) is 47.8 Å². The molecule has 0 atom stereocenters. The van der Waals surface area contributed by atoms with Crippen molar-refractivity contribution in [3.8, 4) is 0 Å². The second-order valence-corrected chi connectivity index (χ2v) is 3.92. The summed E-state index contributed by atoms with van der Waals surface area (Å²) in [4.78, 5) is 18.9. The van der Waals surface area contributed by atoms with Gasteiger partial charge in [-0.25, -0.2) is 9.97 Å². The van der Waals surface area contributed by atoms with Crippen LogP contribution in [0.15, 0.2) is 12.5 Å². The van der Waals surface area contributed by atoms with Gasteiger partial charge in [0.05, 0.1) is 5.39 Å². The van der Waals surface area contributed by atoms with E-state index >= 15 is 0 Å². The van der Waals surface area contributed by atoms with Crippen molar-refractivity contribution >= 4 is 28.9 Å². The van der Waals surface area contributed by atoms with Crippen LogP contribution in [-0.2, 0) is 0 Å². The Balaban J connectivity index is 2.87. The maximum atomic E-state index is 10.9. The lowest BCUT2D eigenvalue weighted by atomic mass is 10.3. The maximum Gasteiger partial charge on any atom is 0.152 e. The van der Waals surface area contributed by atoms with Gasteiger partial charge < -0.3 is 4.57 Å². The number of carbonyl (C=O) groups is 1. The van der Waals surface area contributed by atoms with Crippen molar-refractivity contribution < 1.29 is 4.79 Å². The molecule has 2 heterocycles. The smallest absolute Gasteiger partial charge is 0.152 e. The van der Waals surface area contributed by atoms with E-state index in [1.54, 1.807) is 6.20 Å². The fraction of sp³-hybridized carbons (Fsp3) is 0.300. The third-order valence-electron chi connectivity index (χ3n) is 2.28. The molecule has 0 radical (unpaired) electrons. The number of hydrogen-bond donors (Lipinski definition) is 0. The van der Waals surface area contributed by atoms with Crippen molar-refractivity contribution in [2.45, 2.75) is 19.9 Å². The first-order valence-electron chi connectivity index (χ1n) is 4.61. The quantitative estimate of drug-likeness (QED) is 0.581. The molecule has 2 rings (SSSR count). The molecule has 15 heavy (non-hydrogen) atoms. The Morgan fingerprint density at radius 1 is 1.47 bits per heavy atom. The van der Waals surface area contributed by atoms with Gasteiger partial charge in [-0.15, -0.1) is 0 Å². The molecule has 2 aromatic rings. The average molecular weight is 224 g/mol. The molecule has 0 aromatic carbocycles. The molecule has 5 heteroatoms. The molecule has 0 bridgehead atoms. The van der Waals surface area contributed by atoms with Crippen LogP contribution in [0.3, 0.4) is 0 Å². The number of carbonyl (C=O) groups excluding carboxylic acids is 1. The van der Waals surface area contributed by atoms with Crippen LogP contribution in [0.2, 0.25) is 5.15 Å². The Kier molecular flexibility index (Phi) is 2.44. The third kappa shape index (κ3) is 1.51. The van der Waals surface area contributed by atoms with Gasteiger partial charge in [0, 0.05) is 17.8 Å². The second-order valence-electron chi connectivity index (χ2n) is 3.57. The van der Waals surface area contributed by atoms with Crippen LogP contribution in [0.5, 0.6) is 0 Å². The van der Waals surface area contributed by atoms with Crippen molar-refractivity contribution in [2.24, 2.45) is 0 Å². The average Bonchev–Trinajstić information content (AvgIpc) is 2.58. The molecular weight excluding hydrogens is 214 g/mol. The van der Waals surface area contributed by atoms with Gasteiger partial charge in [0.15, 0.2) is 6.29 Å². The number of hydrogen-bond acceptors (Lipinski definition) is 3. The molecule has 0 amide bonds. The highest BCUT2D eigenvalue weighted by Gasteiger charge is 2.14. The fourth-order valence-electron chi connectivity index (χ4n) is 1.56. The highest BCUT2D eigenvalue weighted by molar-refractivity contribution is 6.34. The van der Waals surface area contributed by atoms with Gasteiger partial charge in [0.1, 0.15) is 17.1 Å². The molecule has 0 aliphatic rings. The Morgan fingerprint density at radius 3 is 2.80 bits per heavy atom. The van der Waals surface area contributed by atoms with Gasteiger partial charge in [-0.3, -0.25) is 4.79 Å². The summed E-state index contributed by atoms with van der Waals surface area (Å²) in [5, 5.41) is 0.948. The lowest BCUT2D eigenvalue weighted by Gasteiger charge is -2.07. The van der Waals surface area contributed by atoms with E-state index in [0.717, 1.165) is 6.29 Å². The summed E-state index contributed by atoms with van der Waals surface area (Å²) >= 11 is 5.94. The molecule has 0 unspecified atom stereocenters. The zero-order valence-electron chi connectivity index (χ0n) is 8.44. The molecule has 0 aliphatic carbocycles. The first-order chi connectivity index (χ1) is 7.15. The molecular formula is C10H10ClN3O. The molecule has 4 nitrogen and oxygen atoms in total. The first-order valence-corrected chi connectivity index (χ1v) is 4.99. The van der Waals surface area contributed by atoms with Gasteiger partial charge in [-0.1, -0.05) is 11.6 Å². The minimum Gasteiger partial charge on any atom is -0.329 e. The van der Waals surface area contributed by atoms with E-state index < -0.39 is 0 Å². The summed E-state index contributed by atoms with van der Waals surface area (Å²) < 4.78 is 1.91. The van der Waals surface area contributed by atoms with Crippen molar-refractivity contribution in [1.82, 2.24) is 14.5 Å². The first kappa shape index (κ1) is 10.1. The van der Waals surface area contributed by atoms with Crippen LogP contribution in [0, 0.1) is 0 Å². The van der Waals surface area contributed by atoms with Crippen molar-refractivity contribution in [2.75, 3.05) is 0 Å². The van der Waals surface area contributed by atoms with E-state index in [1.165, 1.54) is 6.33 Å². The number of aldehydes is 1. The zero-order valence-corrected chi connectivity index (χ0v) is 9.19. The van der Waals surface area contributed by atoms with E-state index in [4.69, 9.17) is 11.6 Å². The fourth-order valence-corrected chi connectivity index (χ4v) is 1.80. The predicted octanol–water partition coefficient (Wildman–Crippen LogP) is 2.48. The number of rotatable bonds is 2. The third-order valence-corrected chi connectivity index (χ3v) is 2.56. The highest BCUT2D eigenvalue weighted by Crippen LogP contribution is 2.26. The van der Waals surface area contributed by atoms with E-state index in [-0.39, 0.29) is 6.04 Å². The van der Waals surface area contributed by atoms with Gasteiger partial charge in [-0.2, -0.15) is 0 Å². The maximum absolute atomic E-state index is 10.9. The van der Waals surface area contributed by atoms with E-state index in [1.807, 2.05) is 18.4 Å². The summed E-state index contributed by atoms with van der Waals surface area (Å²) in [6.45, 7) is 4.04. The lowest BCUT2D eigenvalue weighted by molar-refractivity contribution is 0.112. The summed E-state index contributed by atoms with van der Waals surface area (Å²) in [6.07, 6.45) is 3.93. The Labute approximate surface area is 91.9 Å². The zero-order chi connectivity index (χ0) is 11.0. The van der Waals surface area contributed by atoms with Gasteiger partial charge >= 0.3 is 0 Å². The van der Waals surface area contributed by atoms with E-state index in [0.29, 0.717) is 21.7 Å². The van der Waals surface area contributed by atoms with Gasteiger partial charge in [0.2, 0.25) is 0 Å². The predicted molar refractivity (Wildman–Crippen MR) is 58.3 cm³/mol. The standard InChI is InChI=1S/C10H10ClN3O/c1-6(2)14-3-7(4-15)8-9(11)12-5-13-10(8)14/h3-6H,1-2H3. The van der Waals surface area contributed by atoms with Crippen molar-refractivity contribution in [1.29, 1.82) is 0 Å². The normalized spacial score (nSPS) is 11.2. The van der Waals surface area contributed by atoms with Gasteiger partial charge in [0.25, 0.3) is 0 Å². The number of aromatic nitrogens is 3. The summed E-state index contributed by atoms with van der Waals surface area (Å²) in [7, 11) is 0. The summed E-state index contributed by atoms with van der Waals surface area (Å²) in [5.74, 6) is 0. The summed E-state index contributed by atoms with van der Waals surface area (Å²) in [5.41, 5.74) is 1.23. The summed E-state index contributed by atoms with van der Waals surface area (Å²) in [6, 6.07) is 0.229. The van der Waals surface area contributed by atoms with Crippen LogP contribution in [0.4, 0.5) is 0 Å². The number of fused-ring (bicyclic) bond motifs is 1. The van der Waals surface area contributed by atoms with Crippen LogP contribution < -0.4 is 0 Å². The molecule has 78 valence electrons. The largest absolute Gasteiger partial charge is 0.329 e. The molecule has 0 saturated heterocycles. The van der Waals surface area contributed by atoms with Crippen LogP contribution in [-0.4, -0.2) is 20.8 Å². The van der Waals surface area contributed by atoms with E-state index in [2.05, 4.69) is 9.97 Å². The number of halogens is 1. The van der Waals surface area contributed by atoms with Crippen LogP contribution in [0.25, 0.3) is 11.0 Å². The van der Waals surface area contributed by atoms with Crippen LogP contribution in [0.1, 0.15) is 30.2 Å². The highest BCUT2D eigenvalue weighted by atomic mass is 35.5. The molecule has 0 N–H and O–H groups in total. The lowest BCUT2D eigenvalue weighted by Crippen LogP contribution is -1.99. The minimum absolute atomic E-state index is 0.229. The number of nitrogens with zero attached hydrogens (tertiary/aromatic N) is 3. The Morgan fingerprint density at radius 2 is 2.20 bits per heavy atom. The van der Waals surface area contributed by atoms with E-state index in [9.17, 15) is 4.79 Å². The molecule has 0 fully saturated rings. The molecule has 2 aromatic heterocycles. The molecule has 0 saturated carbocycles. The second kappa shape index (κ2) is 3.62. The molecule has 0 spiro atoms. The minimum atomic E-state index is 0.229. The van der Waals surface area contributed by atoms with Gasteiger partial charge in [-0.05, 0) is 13.8 Å². The Hall–Kier alpha value is -1.42.